The largest absolute Gasteiger partial charge is 0.294 e. The van der Waals surface area contributed by atoms with Gasteiger partial charge in [-0.05, 0) is 0 Å². The summed E-state index contributed by atoms with van der Waals surface area (Å²) in [6.07, 6.45) is 0.515. The lowest BCUT2D eigenvalue weighted by atomic mass is 10.0. The van der Waals surface area contributed by atoms with Gasteiger partial charge in [-0.15, -0.1) is 11.5 Å². The Hall–Kier alpha value is -1.33. The zero-order valence-electron chi connectivity index (χ0n) is 11.1. The molecule has 0 radical (unpaired) electrons. The maximum atomic E-state index is 11.9. The Labute approximate surface area is 105 Å². The third-order valence-corrected chi connectivity index (χ3v) is 3.18. The molecule has 0 aliphatic rings. The zero-order valence-corrected chi connectivity index (χ0v) is 12.1. The summed E-state index contributed by atoms with van der Waals surface area (Å²) in [6.45, 7) is 8.66. The van der Waals surface area contributed by atoms with Crippen LogP contribution >= 0.6 is 0 Å². The third-order valence-electron chi connectivity index (χ3n) is 2.28. The number of ketones is 1. The van der Waals surface area contributed by atoms with Crippen molar-refractivity contribution in [3.8, 4) is 11.5 Å². The molecule has 1 aromatic carbocycles. The van der Waals surface area contributed by atoms with E-state index < -0.39 is 8.07 Å². The second-order valence-electron chi connectivity index (χ2n) is 5.41. The van der Waals surface area contributed by atoms with Crippen LogP contribution in [0.1, 0.15) is 23.7 Å². The van der Waals surface area contributed by atoms with E-state index in [1.807, 2.05) is 37.3 Å². The summed E-state index contributed by atoms with van der Waals surface area (Å²) in [5.41, 5.74) is 4.10. The van der Waals surface area contributed by atoms with E-state index in [4.69, 9.17) is 0 Å². The highest BCUT2D eigenvalue weighted by molar-refractivity contribution is 6.83. The minimum Gasteiger partial charge on any atom is -0.294 e. The van der Waals surface area contributed by atoms with E-state index in [0.717, 1.165) is 5.56 Å². The second-order valence-corrected chi connectivity index (χ2v) is 10.2. The van der Waals surface area contributed by atoms with E-state index in [1.54, 1.807) is 0 Å². The molecule has 0 aliphatic heterocycles. The molecule has 1 unspecified atom stereocenters. The SMILES string of the molecule is CC(C#C[Si](C)(C)C)CC(=O)c1ccccc1. The van der Waals surface area contributed by atoms with Crippen LogP contribution in [0.4, 0.5) is 0 Å². The molecule has 90 valence electrons. The molecule has 17 heavy (non-hydrogen) atoms. The Morgan fingerprint density at radius 3 is 2.35 bits per heavy atom. The van der Waals surface area contributed by atoms with Crippen molar-refractivity contribution in [2.45, 2.75) is 33.0 Å². The molecule has 1 aromatic rings. The van der Waals surface area contributed by atoms with Crippen LogP contribution in [0.3, 0.4) is 0 Å². The smallest absolute Gasteiger partial charge is 0.164 e. The Bertz CT molecular complexity index is 431. The van der Waals surface area contributed by atoms with Gasteiger partial charge in [0, 0.05) is 17.9 Å². The number of benzene rings is 1. The first-order chi connectivity index (χ1) is 7.88. The molecule has 0 aliphatic carbocycles. The van der Waals surface area contributed by atoms with E-state index in [0.29, 0.717) is 6.42 Å². The van der Waals surface area contributed by atoms with Crippen LogP contribution in [0.15, 0.2) is 30.3 Å². The Balaban J connectivity index is 2.61. The molecule has 0 amide bonds. The first kappa shape index (κ1) is 13.7. The number of rotatable bonds is 3. The van der Waals surface area contributed by atoms with Crippen LogP contribution in [0.5, 0.6) is 0 Å². The van der Waals surface area contributed by atoms with Gasteiger partial charge in [0.05, 0.1) is 0 Å². The minimum absolute atomic E-state index is 0.148. The molecule has 0 saturated heterocycles. The van der Waals surface area contributed by atoms with Gasteiger partial charge in [0.15, 0.2) is 5.78 Å². The molecular formula is C15H20OSi. The van der Waals surface area contributed by atoms with Gasteiger partial charge in [-0.2, -0.15) is 0 Å². The average molecular weight is 244 g/mol. The van der Waals surface area contributed by atoms with E-state index in [1.165, 1.54) is 0 Å². The van der Waals surface area contributed by atoms with Gasteiger partial charge in [0.2, 0.25) is 0 Å². The summed E-state index contributed by atoms with van der Waals surface area (Å²) in [6, 6.07) is 9.44. The lowest BCUT2D eigenvalue weighted by Gasteiger charge is -2.07. The predicted molar refractivity (Wildman–Crippen MR) is 75.7 cm³/mol. The Kier molecular flexibility index (Phi) is 4.71. The highest BCUT2D eigenvalue weighted by atomic mass is 28.3. The van der Waals surface area contributed by atoms with Crippen molar-refractivity contribution >= 4 is 13.9 Å². The Morgan fingerprint density at radius 1 is 1.24 bits per heavy atom. The number of hydrogen-bond donors (Lipinski definition) is 0. The quantitative estimate of drug-likeness (QED) is 0.449. The van der Waals surface area contributed by atoms with Crippen molar-refractivity contribution in [2.24, 2.45) is 5.92 Å². The van der Waals surface area contributed by atoms with Crippen LogP contribution in [0.25, 0.3) is 0 Å². The van der Waals surface area contributed by atoms with Crippen LogP contribution in [-0.4, -0.2) is 13.9 Å². The monoisotopic (exact) mass is 244 g/mol. The molecule has 2 heteroatoms. The number of Topliss-reactive ketones (excluding diaryl/α,β-unsaturated/α-hetero) is 1. The summed E-state index contributed by atoms with van der Waals surface area (Å²) in [5, 5.41) is 0. The molecule has 0 N–H and O–H groups in total. The highest BCUT2D eigenvalue weighted by Gasteiger charge is 2.11. The van der Waals surface area contributed by atoms with Gasteiger partial charge in [0.1, 0.15) is 8.07 Å². The van der Waals surface area contributed by atoms with E-state index in [-0.39, 0.29) is 11.7 Å². The molecule has 0 bridgehead atoms. The zero-order chi connectivity index (χ0) is 12.9. The van der Waals surface area contributed by atoms with Crippen LogP contribution < -0.4 is 0 Å². The summed E-state index contributed by atoms with van der Waals surface area (Å²) in [4.78, 5) is 11.9. The van der Waals surface area contributed by atoms with Gasteiger partial charge >= 0.3 is 0 Å². The van der Waals surface area contributed by atoms with Gasteiger partial charge in [-0.1, -0.05) is 56.9 Å². The van der Waals surface area contributed by atoms with Crippen LogP contribution in [0.2, 0.25) is 19.6 Å². The summed E-state index contributed by atoms with van der Waals surface area (Å²) in [5.74, 6) is 3.55. The van der Waals surface area contributed by atoms with Crippen LogP contribution in [-0.2, 0) is 0 Å². The number of hydrogen-bond acceptors (Lipinski definition) is 1. The van der Waals surface area contributed by atoms with Crippen molar-refractivity contribution in [3.05, 3.63) is 35.9 Å². The standard InChI is InChI=1S/C15H20OSi/c1-13(10-11-17(2,3)4)12-15(16)14-8-6-5-7-9-14/h5-9,13H,12H2,1-4H3. The van der Waals surface area contributed by atoms with Gasteiger partial charge in [-0.25, -0.2) is 0 Å². The normalized spacial score (nSPS) is 12.5. The van der Waals surface area contributed by atoms with Crippen molar-refractivity contribution in [2.75, 3.05) is 0 Å². The van der Waals surface area contributed by atoms with Crippen molar-refractivity contribution in [3.63, 3.8) is 0 Å². The predicted octanol–water partition coefficient (Wildman–Crippen LogP) is 3.78. The summed E-state index contributed by atoms with van der Waals surface area (Å²) >= 11 is 0. The topological polar surface area (TPSA) is 17.1 Å². The maximum Gasteiger partial charge on any atom is 0.164 e. The first-order valence-electron chi connectivity index (χ1n) is 5.99. The molecular weight excluding hydrogens is 224 g/mol. The van der Waals surface area contributed by atoms with Crippen molar-refractivity contribution in [1.29, 1.82) is 0 Å². The number of carbonyl (C=O) groups excluding carboxylic acids is 1. The third kappa shape index (κ3) is 5.51. The molecule has 0 fully saturated rings. The molecule has 0 saturated carbocycles. The van der Waals surface area contributed by atoms with E-state index >= 15 is 0 Å². The average Bonchev–Trinajstić information content (AvgIpc) is 2.27. The Morgan fingerprint density at radius 2 is 1.82 bits per heavy atom. The van der Waals surface area contributed by atoms with Crippen molar-refractivity contribution in [1.82, 2.24) is 0 Å². The van der Waals surface area contributed by atoms with Gasteiger partial charge < -0.3 is 0 Å². The maximum absolute atomic E-state index is 11.9. The van der Waals surface area contributed by atoms with Gasteiger partial charge in [-0.3, -0.25) is 4.79 Å². The molecule has 1 nitrogen and oxygen atoms in total. The molecule has 1 rings (SSSR count). The molecule has 0 spiro atoms. The fourth-order valence-electron chi connectivity index (χ4n) is 1.41. The fraction of sp³-hybridized carbons (Fsp3) is 0.400. The number of carbonyl (C=O) groups is 1. The summed E-state index contributed by atoms with van der Waals surface area (Å²) < 4.78 is 0. The second kappa shape index (κ2) is 5.84. The van der Waals surface area contributed by atoms with Gasteiger partial charge in [0.25, 0.3) is 0 Å². The van der Waals surface area contributed by atoms with E-state index in [9.17, 15) is 4.79 Å². The fourth-order valence-corrected chi connectivity index (χ4v) is 2.09. The van der Waals surface area contributed by atoms with E-state index in [2.05, 4.69) is 31.1 Å². The first-order valence-corrected chi connectivity index (χ1v) is 9.49. The van der Waals surface area contributed by atoms with Crippen molar-refractivity contribution < 1.29 is 4.79 Å². The van der Waals surface area contributed by atoms with Crippen LogP contribution in [0, 0.1) is 17.4 Å². The summed E-state index contributed by atoms with van der Waals surface area (Å²) in [7, 11) is -1.32. The highest BCUT2D eigenvalue weighted by Crippen LogP contribution is 2.09. The lowest BCUT2D eigenvalue weighted by molar-refractivity contribution is 0.0973. The molecule has 0 aromatic heterocycles. The minimum atomic E-state index is -1.32. The lowest BCUT2D eigenvalue weighted by Crippen LogP contribution is -2.17. The molecule has 1 atom stereocenters. The molecule has 0 heterocycles.